The van der Waals surface area contributed by atoms with E-state index < -0.39 is 24.7 Å². The number of aromatic nitrogens is 2. The smallest absolute Gasteiger partial charge is 0.358 e. The predicted molar refractivity (Wildman–Crippen MR) is 77.5 cm³/mol. The summed E-state index contributed by atoms with van der Waals surface area (Å²) in [5, 5.41) is 15.1. The molecule has 2 aromatic rings. The van der Waals surface area contributed by atoms with Gasteiger partial charge in [0.05, 0.1) is 27.9 Å². The van der Waals surface area contributed by atoms with Crippen molar-refractivity contribution in [2.24, 2.45) is 0 Å². The zero-order chi connectivity index (χ0) is 15.8. The van der Waals surface area contributed by atoms with E-state index in [-0.39, 0.29) is 6.54 Å². The highest BCUT2D eigenvalue weighted by Gasteiger charge is 2.29. The van der Waals surface area contributed by atoms with Crippen LogP contribution in [0.5, 0.6) is 0 Å². The van der Waals surface area contributed by atoms with Gasteiger partial charge in [0.1, 0.15) is 0 Å². The van der Waals surface area contributed by atoms with E-state index in [9.17, 15) is 18.5 Å². The Kier molecular flexibility index (Phi) is 4.43. The molecule has 0 atom stereocenters. The highest BCUT2D eigenvalue weighted by atomic mass is 35.7. The Bertz CT molecular complexity index is 819. The highest BCUT2D eigenvalue weighted by molar-refractivity contribution is 8.13. The molecule has 0 amide bonds. The van der Waals surface area contributed by atoms with Gasteiger partial charge in [-0.3, -0.25) is 0 Å². The lowest BCUT2D eigenvalue weighted by molar-refractivity contribution is -0.392. The first-order valence-corrected chi connectivity index (χ1v) is 8.35. The second kappa shape index (κ2) is 5.80. The summed E-state index contributed by atoms with van der Waals surface area (Å²) in [7, 11) is 0.881. The van der Waals surface area contributed by atoms with E-state index in [0.717, 1.165) is 10.9 Å². The fraction of sp³-hybridized carbons (Fsp3) is 0.100. The van der Waals surface area contributed by atoms with Crippen molar-refractivity contribution in [1.82, 2.24) is 9.78 Å². The summed E-state index contributed by atoms with van der Waals surface area (Å²) in [4.78, 5) is 9.23. The first kappa shape index (κ1) is 16.0. The minimum atomic E-state index is -4.26. The topological polar surface area (TPSA) is 95.1 Å². The SMILES string of the molecule is O=[N+]([O-])c1nn(Cc2ccc(Cl)c(Cl)c2)cc1S(=O)(=O)Cl. The van der Waals surface area contributed by atoms with Gasteiger partial charge in [-0.15, -0.1) is 0 Å². The highest BCUT2D eigenvalue weighted by Crippen LogP contribution is 2.26. The van der Waals surface area contributed by atoms with Crippen LogP contribution in [0.4, 0.5) is 5.82 Å². The van der Waals surface area contributed by atoms with Crippen LogP contribution in [0.3, 0.4) is 0 Å². The Morgan fingerprint density at radius 1 is 1.29 bits per heavy atom. The van der Waals surface area contributed by atoms with Crippen molar-refractivity contribution in [3.63, 3.8) is 0 Å². The summed E-state index contributed by atoms with van der Waals surface area (Å²) in [6.07, 6.45) is 0.989. The quantitative estimate of drug-likeness (QED) is 0.468. The summed E-state index contributed by atoms with van der Waals surface area (Å²) in [5.74, 6) is -0.829. The zero-order valence-corrected chi connectivity index (χ0v) is 13.1. The van der Waals surface area contributed by atoms with E-state index in [4.69, 9.17) is 33.9 Å². The molecule has 11 heteroatoms. The average molecular weight is 371 g/mol. The van der Waals surface area contributed by atoms with Gasteiger partial charge in [0.15, 0.2) is 0 Å². The number of halogens is 3. The van der Waals surface area contributed by atoms with E-state index in [2.05, 4.69) is 5.10 Å². The summed E-state index contributed by atoms with van der Waals surface area (Å²) in [6.45, 7) is 0.0735. The molecule has 2 rings (SSSR count). The monoisotopic (exact) mass is 369 g/mol. The molecule has 0 aliphatic heterocycles. The lowest BCUT2D eigenvalue weighted by Gasteiger charge is -2.00. The number of rotatable bonds is 4. The zero-order valence-electron chi connectivity index (χ0n) is 10.0. The Hall–Kier alpha value is -1.35. The Morgan fingerprint density at radius 3 is 2.43 bits per heavy atom. The van der Waals surface area contributed by atoms with E-state index >= 15 is 0 Å². The van der Waals surface area contributed by atoms with Gasteiger partial charge in [0.2, 0.25) is 4.90 Å². The third-order valence-corrected chi connectivity index (χ3v) is 4.53. The van der Waals surface area contributed by atoms with Crippen LogP contribution in [0.25, 0.3) is 0 Å². The maximum atomic E-state index is 11.3. The molecular weight excluding hydrogens is 365 g/mol. The van der Waals surface area contributed by atoms with Crippen LogP contribution in [-0.4, -0.2) is 23.1 Å². The first-order valence-electron chi connectivity index (χ1n) is 5.29. The standard InChI is InChI=1S/C10H6Cl3N3O4S/c11-7-2-1-6(3-8(7)12)4-15-5-9(21(13,19)20)10(14-15)16(17)18/h1-3,5H,4H2. The fourth-order valence-corrected chi connectivity index (χ4v) is 2.83. The molecule has 7 nitrogen and oxygen atoms in total. The van der Waals surface area contributed by atoms with E-state index in [1.807, 2.05) is 0 Å². The van der Waals surface area contributed by atoms with Gasteiger partial charge in [0, 0.05) is 10.7 Å². The molecule has 1 heterocycles. The van der Waals surface area contributed by atoms with Crippen LogP contribution >= 0.6 is 33.9 Å². The van der Waals surface area contributed by atoms with Crippen molar-refractivity contribution in [2.45, 2.75) is 11.4 Å². The molecule has 0 radical (unpaired) electrons. The largest absolute Gasteiger partial charge is 0.410 e. The summed E-state index contributed by atoms with van der Waals surface area (Å²) in [6, 6.07) is 4.74. The molecule has 0 N–H and O–H groups in total. The number of benzene rings is 1. The molecule has 1 aromatic heterocycles. The van der Waals surface area contributed by atoms with Crippen molar-refractivity contribution < 1.29 is 13.3 Å². The summed E-state index contributed by atoms with van der Waals surface area (Å²) in [5.41, 5.74) is 0.639. The third-order valence-electron chi connectivity index (χ3n) is 2.47. The average Bonchev–Trinajstić information content (AvgIpc) is 2.78. The van der Waals surface area contributed by atoms with Crippen LogP contribution in [0.15, 0.2) is 29.3 Å². The van der Waals surface area contributed by atoms with Crippen LogP contribution in [0, 0.1) is 10.1 Å². The molecule has 0 aliphatic carbocycles. The number of hydrogen-bond donors (Lipinski definition) is 0. The van der Waals surface area contributed by atoms with E-state index in [0.29, 0.717) is 15.6 Å². The Labute approximate surface area is 133 Å². The van der Waals surface area contributed by atoms with Gasteiger partial charge >= 0.3 is 5.82 Å². The van der Waals surface area contributed by atoms with Gasteiger partial charge in [-0.05, 0) is 22.6 Å². The maximum absolute atomic E-state index is 11.3. The van der Waals surface area contributed by atoms with Crippen LogP contribution in [0.2, 0.25) is 10.0 Å². The minimum absolute atomic E-state index is 0.0735. The van der Waals surface area contributed by atoms with Crippen LogP contribution < -0.4 is 0 Å². The molecule has 0 bridgehead atoms. The van der Waals surface area contributed by atoms with Crippen molar-refractivity contribution in [3.05, 3.63) is 50.1 Å². The molecular formula is C10H6Cl3N3O4S. The van der Waals surface area contributed by atoms with Gasteiger partial charge in [-0.2, -0.15) is 4.68 Å². The first-order chi connectivity index (χ1) is 9.68. The lowest BCUT2D eigenvalue weighted by atomic mass is 10.2. The van der Waals surface area contributed by atoms with Crippen molar-refractivity contribution in [1.29, 1.82) is 0 Å². The second-order valence-corrected chi connectivity index (χ2v) is 7.31. The van der Waals surface area contributed by atoms with Crippen molar-refractivity contribution in [2.75, 3.05) is 0 Å². The summed E-state index contributed by atoms with van der Waals surface area (Å²) < 4.78 is 23.7. The summed E-state index contributed by atoms with van der Waals surface area (Å²) >= 11 is 11.6. The molecule has 0 saturated carbocycles. The van der Waals surface area contributed by atoms with E-state index in [1.165, 1.54) is 0 Å². The van der Waals surface area contributed by atoms with Crippen molar-refractivity contribution >= 4 is 48.8 Å². The second-order valence-electron chi connectivity index (χ2n) is 3.96. The fourth-order valence-electron chi connectivity index (χ4n) is 1.60. The third kappa shape index (κ3) is 3.65. The van der Waals surface area contributed by atoms with Crippen LogP contribution in [0.1, 0.15) is 5.56 Å². The number of nitrogens with zero attached hydrogens (tertiary/aromatic N) is 3. The van der Waals surface area contributed by atoms with E-state index in [1.54, 1.807) is 18.2 Å². The molecule has 112 valence electrons. The molecule has 0 spiro atoms. The Balaban J connectivity index is 2.41. The molecule has 0 aliphatic rings. The number of hydrogen-bond acceptors (Lipinski definition) is 5. The van der Waals surface area contributed by atoms with Crippen molar-refractivity contribution in [3.8, 4) is 0 Å². The maximum Gasteiger partial charge on any atom is 0.410 e. The molecule has 0 unspecified atom stereocenters. The molecule has 1 aromatic carbocycles. The molecule has 21 heavy (non-hydrogen) atoms. The lowest BCUT2D eigenvalue weighted by Crippen LogP contribution is -2.01. The predicted octanol–water partition coefficient (Wildman–Crippen LogP) is 3.07. The molecule has 0 fully saturated rings. The Morgan fingerprint density at radius 2 is 1.95 bits per heavy atom. The normalized spacial score (nSPS) is 11.6. The van der Waals surface area contributed by atoms with Crippen LogP contribution in [-0.2, 0) is 15.6 Å². The van der Waals surface area contributed by atoms with Gasteiger partial charge in [0.25, 0.3) is 9.05 Å². The van der Waals surface area contributed by atoms with Gasteiger partial charge in [-0.1, -0.05) is 29.3 Å². The van der Waals surface area contributed by atoms with Gasteiger partial charge in [-0.25, -0.2) is 8.42 Å². The number of nitro groups is 1. The minimum Gasteiger partial charge on any atom is -0.358 e. The molecule has 0 saturated heterocycles. The van der Waals surface area contributed by atoms with Gasteiger partial charge < -0.3 is 10.1 Å².